The summed E-state index contributed by atoms with van der Waals surface area (Å²) in [5, 5.41) is 0. The van der Waals surface area contributed by atoms with Crippen molar-refractivity contribution in [2.24, 2.45) is 0 Å². The Bertz CT molecular complexity index is 826. The molecular weight excluding hydrogens is 326 g/mol. The number of fused-ring (bicyclic) bond motifs is 1. The van der Waals surface area contributed by atoms with Gasteiger partial charge in [0.25, 0.3) is 0 Å². The van der Waals surface area contributed by atoms with Crippen LogP contribution in [0, 0.1) is 6.92 Å². The molecule has 0 aliphatic carbocycles. The smallest absolute Gasteiger partial charge is 0.169 e. The largest absolute Gasteiger partial charge is 0.458 e. The minimum atomic E-state index is 0.143. The molecule has 2 heterocycles. The van der Waals surface area contributed by atoms with Crippen molar-refractivity contribution in [3.8, 4) is 11.5 Å². The van der Waals surface area contributed by atoms with Crippen molar-refractivity contribution in [2.75, 3.05) is 19.6 Å². The van der Waals surface area contributed by atoms with E-state index in [9.17, 15) is 4.79 Å². The fourth-order valence-corrected chi connectivity index (χ4v) is 3.62. The van der Waals surface area contributed by atoms with Crippen molar-refractivity contribution in [1.82, 2.24) is 4.90 Å². The highest BCUT2D eigenvalue weighted by Crippen LogP contribution is 2.32. The van der Waals surface area contributed by atoms with Crippen molar-refractivity contribution in [3.05, 3.63) is 71.7 Å². The van der Waals surface area contributed by atoms with Crippen molar-refractivity contribution < 1.29 is 14.3 Å². The molecule has 4 heteroatoms. The third kappa shape index (κ3) is 3.65. The number of carbonyl (C=O) groups is 1. The van der Waals surface area contributed by atoms with Gasteiger partial charge in [0.05, 0.1) is 0 Å². The van der Waals surface area contributed by atoms with Gasteiger partial charge in [-0.05, 0) is 49.6 Å². The lowest BCUT2D eigenvalue weighted by Crippen LogP contribution is -2.23. The topological polar surface area (TPSA) is 38.8 Å². The van der Waals surface area contributed by atoms with Crippen LogP contribution in [0.4, 0.5) is 0 Å². The number of hydrogen-bond acceptors (Lipinski definition) is 4. The first-order chi connectivity index (χ1) is 12.7. The molecule has 2 aliphatic heterocycles. The maximum absolute atomic E-state index is 12.5. The van der Waals surface area contributed by atoms with E-state index in [-0.39, 0.29) is 5.78 Å². The van der Waals surface area contributed by atoms with Crippen LogP contribution in [-0.2, 0) is 0 Å². The van der Waals surface area contributed by atoms with Gasteiger partial charge in [0.15, 0.2) is 17.3 Å². The summed E-state index contributed by atoms with van der Waals surface area (Å²) in [4.78, 5) is 14.9. The molecule has 4 rings (SSSR count). The van der Waals surface area contributed by atoms with Gasteiger partial charge in [-0.25, -0.2) is 0 Å². The maximum atomic E-state index is 12.5. The van der Waals surface area contributed by atoms with Gasteiger partial charge < -0.3 is 14.4 Å². The normalized spacial score (nSPS) is 18.9. The summed E-state index contributed by atoms with van der Waals surface area (Å²) < 4.78 is 10.7. The Hall–Kier alpha value is -2.59. The second kappa shape index (κ2) is 7.34. The number of rotatable bonds is 5. The van der Waals surface area contributed by atoms with Crippen molar-refractivity contribution in [3.63, 3.8) is 0 Å². The van der Waals surface area contributed by atoms with E-state index in [0.717, 1.165) is 26.1 Å². The van der Waals surface area contributed by atoms with E-state index in [1.807, 2.05) is 6.07 Å². The van der Waals surface area contributed by atoms with Crippen LogP contribution >= 0.6 is 0 Å². The molecule has 1 atom stereocenters. The molecule has 2 aromatic carbocycles. The summed E-state index contributed by atoms with van der Waals surface area (Å²) in [6, 6.07) is 14.2. The van der Waals surface area contributed by atoms with Crippen LogP contribution in [0.5, 0.6) is 11.5 Å². The summed E-state index contributed by atoms with van der Waals surface area (Å²) in [5.74, 6) is 1.96. The van der Waals surface area contributed by atoms with Gasteiger partial charge in [-0.3, -0.25) is 4.79 Å². The Morgan fingerprint density at radius 3 is 2.65 bits per heavy atom. The Morgan fingerprint density at radius 2 is 1.85 bits per heavy atom. The van der Waals surface area contributed by atoms with Crippen LogP contribution in [0.1, 0.15) is 40.2 Å². The van der Waals surface area contributed by atoms with Crippen LogP contribution in [0.2, 0.25) is 0 Å². The molecule has 0 bridgehead atoms. The predicted molar refractivity (Wildman–Crippen MR) is 101 cm³/mol. The Kier molecular flexibility index (Phi) is 4.76. The van der Waals surface area contributed by atoms with Gasteiger partial charge in [0.1, 0.15) is 12.5 Å². The number of aryl methyl sites for hydroxylation is 1. The van der Waals surface area contributed by atoms with Crippen molar-refractivity contribution >= 4 is 5.78 Å². The second-order valence-corrected chi connectivity index (χ2v) is 7.04. The molecule has 0 aromatic heterocycles. The molecule has 0 radical (unpaired) electrons. The monoisotopic (exact) mass is 349 g/mol. The highest BCUT2D eigenvalue weighted by Gasteiger charge is 2.24. The zero-order valence-corrected chi connectivity index (χ0v) is 15.0. The summed E-state index contributed by atoms with van der Waals surface area (Å²) >= 11 is 0. The lowest BCUT2D eigenvalue weighted by atomic mass is 9.97. The van der Waals surface area contributed by atoms with Crippen LogP contribution in [0.3, 0.4) is 0 Å². The highest BCUT2D eigenvalue weighted by molar-refractivity contribution is 5.96. The molecule has 1 saturated heterocycles. The van der Waals surface area contributed by atoms with Gasteiger partial charge in [-0.15, -0.1) is 0 Å². The number of nitrogens with zero attached hydrogens (tertiary/aromatic N) is 1. The lowest BCUT2D eigenvalue weighted by Gasteiger charge is -2.16. The number of ketones is 1. The van der Waals surface area contributed by atoms with E-state index in [4.69, 9.17) is 9.47 Å². The Labute approximate surface area is 154 Å². The molecule has 0 amide bonds. The maximum Gasteiger partial charge on any atom is 0.169 e. The third-order valence-electron chi connectivity index (χ3n) is 5.19. The quantitative estimate of drug-likeness (QED) is 0.755. The minimum Gasteiger partial charge on any atom is -0.458 e. The molecule has 134 valence electrons. The zero-order chi connectivity index (χ0) is 17.9. The number of hydrogen-bond donors (Lipinski definition) is 0. The van der Waals surface area contributed by atoms with E-state index >= 15 is 0 Å². The van der Waals surface area contributed by atoms with E-state index in [0.29, 0.717) is 29.4 Å². The van der Waals surface area contributed by atoms with Gasteiger partial charge in [-0.2, -0.15) is 0 Å². The predicted octanol–water partition coefficient (Wildman–Crippen LogP) is 4.30. The molecule has 2 aliphatic rings. The number of carbonyl (C=O) groups excluding carboxylic acids is 1. The lowest BCUT2D eigenvalue weighted by molar-refractivity contribution is 0.0968. The van der Waals surface area contributed by atoms with Gasteiger partial charge in [0.2, 0.25) is 0 Å². The minimum absolute atomic E-state index is 0.143. The van der Waals surface area contributed by atoms with Crippen LogP contribution < -0.4 is 9.47 Å². The Morgan fingerprint density at radius 1 is 1.08 bits per heavy atom. The van der Waals surface area contributed by atoms with Gasteiger partial charge in [-0.1, -0.05) is 29.8 Å². The summed E-state index contributed by atoms with van der Waals surface area (Å²) in [6.07, 6.45) is 4.65. The van der Waals surface area contributed by atoms with E-state index in [2.05, 4.69) is 36.1 Å². The van der Waals surface area contributed by atoms with Gasteiger partial charge in [0, 0.05) is 25.1 Å². The molecule has 1 unspecified atom stereocenters. The molecule has 26 heavy (non-hydrogen) atoms. The van der Waals surface area contributed by atoms with Crippen molar-refractivity contribution in [1.29, 1.82) is 0 Å². The average molecular weight is 349 g/mol. The third-order valence-corrected chi connectivity index (χ3v) is 5.19. The van der Waals surface area contributed by atoms with Gasteiger partial charge >= 0.3 is 0 Å². The first-order valence-electron chi connectivity index (χ1n) is 9.13. The number of ether oxygens (including phenoxy) is 2. The van der Waals surface area contributed by atoms with Crippen LogP contribution in [0.15, 0.2) is 55.0 Å². The average Bonchev–Trinajstić information content (AvgIpc) is 3.15. The van der Waals surface area contributed by atoms with E-state index in [1.54, 1.807) is 12.1 Å². The molecule has 0 N–H and O–H groups in total. The summed E-state index contributed by atoms with van der Waals surface area (Å²) in [6.45, 7) is 5.00. The molecular formula is C22H23NO3. The number of Topliss-reactive ketones (excluding diaryl/α,β-unsaturated/α-hetero) is 1. The van der Waals surface area contributed by atoms with Crippen molar-refractivity contribution in [2.45, 2.75) is 25.7 Å². The molecule has 4 nitrogen and oxygen atoms in total. The fourth-order valence-electron chi connectivity index (χ4n) is 3.62. The van der Waals surface area contributed by atoms with E-state index < -0.39 is 0 Å². The molecule has 0 spiro atoms. The fraction of sp³-hybridized carbons (Fsp3) is 0.318. The first kappa shape index (κ1) is 16.9. The second-order valence-electron chi connectivity index (χ2n) is 7.04. The Balaban J connectivity index is 1.32. The molecule has 1 fully saturated rings. The first-order valence-corrected chi connectivity index (χ1v) is 9.13. The SMILES string of the molecule is Cc1ccc(C2CCN(CCC(=O)c3ccc4c(c3)OC=CO4)C2)cc1. The molecule has 0 saturated carbocycles. The van der Waals surface area contributed by atoms with E-state index in [1.165, 1.54) is 23.7 Å². The van der Waals surface area contributed by atoms with Crippen LogP contribution in [0.25, 0.3) is 0 Å². The zero-order valence-electron chi connectivity index (χ0n) is 15.0. The number of likely N-dealkylation sites (tertiary alicyclic amines) is 1. The summed E-state index contributed by atoms with van der Waals surface area (Å²) in [7, 11) is 0. The highest BCUT2D eigenvalue weighted by atomic mass is 16.5. The van der Waals surface area contributed by atoms with Crippen LogP contribution in [-0.4, -0.2) is 30.3 Å². The standard InChI is InChI=1S/C22H23NO3/c1-16-2-4-17(5-3-16)19-8-10-23(15-19)11-9-20(24)18-6-7-21-22(14-18)26-13-12-25-21/h2-7,12-14,19H,8-11,15H2,1H3. The number of benzene rings is 2. The molecule has 2 aromatic rings. The summed E-state index contributed by atoms with van der Waals surface area (Å²) in [5.41, 5.74) is 3.38.